The minimum Gasteiger partial charge on any atom is -0.352 e. The van der Waals surface area contributed by atoms with Gasteiger partial charge in [-0.2, -0.15) is 0 Å². The summed E-state index contributed by atoms with van der Waals surface area (Å²) in [4.78, 5) is 23.6. The Bertz CT molecular complexity index is 721. The van der Waals surface area contributed by atoms with Crippen LogP contribution in [0.3, 0.4) is 0 Å². The van der Waals surface area contributed by atoms with Crippen LogP contribution in [0.25, 0.3) is 11.1 Å². The zero-order chi connectivity index (χ0) is 18.4. The predicted octanol–water partition coefficient (Wildman–Crippen LogP) is 3.91. The number of carbonyl (C=O) groups is 1. The van der Waals surface area contributed by atoms with Gasteiger partial charge in [-0.05, 0) is 49.3 Å². The zero-order valence-corrected chi connectivity index (χ0v) is 15.7. The molecule has 5 nitrogen and oxygen atoms in total. The van der Waals surface area contributed by atoms with Crippen molar-refractivity contribution in [3.63, 3.8) is 0 Å². The molecule has 138 valence electrons. The summed E-state index contributed by atoms with van der Waals surface area (Å²) in [6.45, 7) is 7.08. The number of nitrogens with zero attached hydrogens (tertiary/aromatic N) is 3. The van der Waals surface area contributed by atoms with Gasteiger partial charge in [0.2, 0.25) is 5.95 Å². The third-order valence-electron chi connectivity index (χ3n) is 4.74. The first-order chi connectivity index (χ1) is 12.6. The van der Waals surface area contributed by atoms with E-state index in [2.05, 4.69) is 34.0 Å². The summed E-state index contributed by atoms with van der Waals surface area (Å²) < 4.78 is 0. The lowest BCUT2D eigenvalue weighted by Gasteiger charge is -2.26. The van der Waals surface area contributed by atoms with Crippen molar-refractivity contribution in [1.82, 2.24) is 15.3 Å². The molecule has 1 N–H and O–H groups in total. The SMILES string of the molecule is CC(C)CCNC(=O)c1cccc(-c2cnc(N3CCCCC3)nc2)c1. The number of rotatable bonds is 6. The van der Waals surface area contributed by atoms with Crippen LogP contribution in [0.2, 0.25) is 0 Å². The Morgan fingerprint density at radius 2 is 1.85 bits per heavy atom. The first-order valence-corrected chi connectivity index (χ1v) is 9.59. The first-order valence-electron chi connectivity index (χ1n) is 9.59. The second-order valence-corrected chi connectivity index (χ2v) is 7.34. The molecule has 1 aromatic heterocycles. The monoisotopic (exact) mass is 352 g/mol. The van der Waals surface area contributed by atoms with Crippen LogP contribution < -0.4 is 10.2 Å². The van der Waals surface area contributed by atoms with E-state index in [0.29, 0.717) is 18.0 Å². The van der Waals surface area contributed by atoms with Crippen LogP contribution in [-0.2, 0) is 0 Å². The Kier molecular flexibility index (Phi) is 6.21. The molecule has 1 amide bonds. The standard InChI is InChI=1S/C21H28N4O/c1-16(2)9-10-22-20(26)18-8-6-7-17(13-18)19-14-23-21(24-15-19)25-11-4-3-5-12-25/h6-8,13-16H,3-5,9-12H2,1-2H3,(H,22,26). The molecule has 26 heavy (non-hydrogen) atoms. The summed E-state index contributed by atoms with van der Waals surface area (Å²) in [5, 5.41) is 2.98. The molecule has 1 aliphatic heterocycles. The van der Waals surface area contributed by atoms with E-state index in [4.69, 9.17) is 0 Å². The molecule has 0 atom stereocenters. The van der Waals surface area contributed by atoms with Gasteiger partial charge < -0.3 is 10.2 Å². The van der Waals surface area contributed by atoms with Crippen LogP contribution in [0.15, 0.2) is 36.7 Å². The summed E-state index contributed by atoms with van der Waals surface area (Å²) in [5.41, 5.74) is 2.57. The Morgan fingerprint density at radius 3 is 2.54 bits per heavy atom. The van der Waals surface area contributed by atoms with Gasteiger partial charge in [0.05, 0.1) is 0 Å². The van der Waals surface area contributed by atoms with Gasteiger partial charge in [-0.3, -0.25) is 4.79 Å². The Hall–Kier alpha value is -2.43. The highest BCUT2D eigenvalue weighted by atomic mass is 16.1. The van der Waals surface area contributed by atoms with Crippen molar-refractivity contribution in [1.29, 1.82) is 0 Å². The molecule has 0 aliphatic carbocycles. The topological polar surface area (TPSA) is 58.1 Å². The van der Waals surface area contributed by atoms with Crippen LogP contribution in [0.1, 0.15) is 49.9 Å². The van der Waals surface area contributed by atoms with Crippen LogP contribution in [-0.4, -0.2) is 35.5 Å². The van der Waals surface area contributed by atoms with Gasteiger partial charge in [-0.25, -0.2) is 9.97 Å². The number of nitrogens with one attached hydrogen (secondary N) is 1. The predicted molar refractivity (Wildman–Crippen MR) is 105 cm³/mol. The fourth-order valence-electron chi connectivity index (χ4n) is 3.14. The number of hydrogen-bond acceptors (Lipinski definition) is 4. The van der Waals surface area contributed by atoms with E-state index in [9.17, 15) is 4.79 Å². The van der Waals surface area contributed by atoms with E-state index in [1.165, 1.54) is 19.3 Å². The second-order valence-electron chi connectivity index (χ2n) is 7.34. The van der Waals surface area contributed by atoms with Gasteiger partial charge in [-0.1, -0.05) is 26.0 Å². The maximum Gasteiger partial charge on any atom is 0.251 e. The molecular formula is C21H28N4O. The molecule has 1 aromatic carbocycles. The van der Waals surface area contributed by atoms with Crippen molar-refractivity contribution >= 4 is 11.9 Å². The molecule has 1 aliphatic rings. The molecule has 0 saturated carbocycles. The van der Waals surface area contributed by atoms with Crippen molar-refractivity contribution in [3.8, 4) is 11.1 Å². The van der Waals surface area contributed by atoms with Crippen LogP contribution in [0.5, 0.6) is 0 Å². The van der Waals surface area contributed by atoms with Crippen molar-refractivity contribution < 1.29 is 4.79 Å². The highest BCUT2D eigenvalue weighted by Crippen LogP contribution is 2.21. The number of amides is 1. The van der Waals surface area contributed by atoms with Gasteiger partial charge in [-0.15, -0.1) is 0 Å². The lowest BCUT2D eigenvalue weighted by Crippen LogP contribution is -2.30. The Balaban J connectivity index is 1.68. The first kappa shape index (κ1) is 18.4. The molecule has 1 saturated heterocycles. The fourth-order valence-corrected chi connectivity index (χ4v) is 3.14. The number of benzene rings is 1. The summed E-state index contributed by atoms with van der Waals surface area (Å²) >= 11 is 0. The number of aromatic nitrogens is 2. The van der Waals surface area contributed by atoms with Crippen LogP contribution >= 0.6 is 0 Å². The van der Waals surface area contributed by atoms with E-state index in [1.54, 1.807) is 0 Å². The van der Waals surface area contributed by atoms with Crippen LogP contribution in [0, 0.1) is 5.92 Å². The summed E-state index contributed by atoms with van der Waals surface area (Å²) in [7, 11) is 0. The second kappa shape index (κ2) is 8.79. The van der Waals surface area contributed by atoms with Gasteiger partial charge in [0.15, 0.2) is 0 Å². The van der Waals surface area contributed by atoms with E-state index in [1.807, 2.05) is 36.7 Å². The average Bonchev–Trinajstić information content (AvgIpc) is 2.68. The van der Waals surface area contributed by atoms with Crippen molar-refractivity contribution in [2.45, 2.75) is 39.5 Å². The molecular weight excluding hydrogens is 324 g/mol. The maximum atomic E-state index is 12.3. The van der Waals surface area contributed by atoms with E-state index in [0.717, 1.165) is 36.6 Å². The molecule has 5 heteroatoms. The summed E-state index contributed by atoms with van der Waals surface area (Å²) in [5.74, 6) is 1.35. The van der Waals surface area contributed by atoms with E-state index < -0.39 is 0 Å². The third kappa shape index (κ3) is 4.81. The lowest BCUT2D eigenvalue weighted by molar-refractivity contribution is 0.0952. The Labute approximate surface area is 155 Å². The summed E-state index contributed by atoms with van der Waals surface area (Å²) in [6, 6.07) is 7.65. The Morgan fingerprint density at radius 1 is 1.12 bits per heavy atom. The highest BCUT2D eigenvalue weighted by molar-refractivity contribution is 5.95. The number of anilines is 1. The quantitative estimate of drug-likeness (QED) is 0.856. The van der Waals surface area contributed by atoms with E-state index >= 15 is 0 Å². The van der Waals surface area contributed by atoms with Crippen molar-refractivity contribution in [2.24, 2.45) is 5.92 Å². The molecule has 0 unspecified atom stereocenters. The van der Waals surface area contributed by atoms with Gasteiger partial charge in [0, 0.05) is 43.2 Å². The average molecular weight is 352 g/mol. The molecule has 0 bridgehead atoms. The van der Waals surface area contributed by atoms with Crippen LogP contribution in [0.4, 0.5) is 5.95 Å². The minimum atomic E-state index is -0.0293. The largest absolute Gasteiger partial charge is 0.352 e. The highest BCUT2D eigenvalue weighted by Gasteiger charge is 2.13. The molecule has 0 spiro atoms. The fraction of sp³-hybridized carbons (Fsp3) is 0.476. The summed E-state index contributed by atoms with van der Waals surface area (Å²) in [6.07, 6.45) is 8.40. The van der Waals surface area contributed by atoms with Gasteiger partial charge in [0.25, 0.3) is 5.91 Å². The number of piperidine rings is 1. The number of carbonyl (C=O) groups excluding carboxylic acids is 1. The van der Waals surface area contributed by atoms with Crippen molar-refractivity contribution in [3.05, 3.63) is 42.2 Å². The molecule has 1 fully saturated rings. The van der Waals surface area contributed by atoms with E-state index in [-0.39, 0.29) is 5.91 Å². The smallest absolute Gasteiger partial charge is 0.251 e. The third-order valence-corrected chi connectivity index (χ3v) is 4.74. The molecule has 2 aromatic rings. The van der Waals surface area contributed by atoms with Gasteiger partial charge >= 0.3 is 0 Å². The van der Waals surface area contributed by atoms with Gasteiger partial charge in [0.1, 0.15) is 0 Å². The number of hydrogen-bond donors (Lipinski definition) is 1. The molecule has 2 heterocycles. The van der Waals surface area contributed by atoms with Crippen molar-refractivity contribution in [2.75, 3.05) is 24.5 Å². The molecule has 3 rings (SSSR count). The molecule has 0 radical (unpaired) electrons. The lowest BCUT2D eigenvalue weighted by atomic mass is 10.1. The zero-order valence-electron chi connectivity index (χ0n) is 15.7. The normalized spacial score (nSPS) is 14.5. The minimum absolute atomic E-state index is 0.0293. The maximum absolute atomic E-state index is 12.3.